The van der Waals surface area contributed by atoms with Crippen LogP contribution < -0.4 is 10.6 Å². The Morgan fingerprint density at radius 3 is 2.52 bits per heavy atom. The SMILES string of the molecule is Cc1ccnc(NC(=S)N[C@@H](C)c2cc(C)ccc2C)c1. The number of aryl methyl sites for hydroxylation is 3. The summed E-state index contributed by atoms with van der Waals surface area (Å²) in [6.07, 6.45) is 1.77. The Labute approximate surface area is 131 Å². The Hall–Kier alpha value is -1.94. The fraction of sp³-hybridized carbons (Fsp3) is 0.294. The molecule has 0 spiro atoms. The van der Waals surface area contributed by atoms with Gasteiger partial charge in [-0.3, -0.25) is 0 Å². The first-order valence-electron chi connectivity index (χ1n) is 7.03. The molecule has 0 aliphatic carbocycles. The van der Waals surface area contributed by atoms with Crippen LogP contribution in [0.1, 0.15) is 35.2 Å². The third-order valence-corrected chi connectivity index (χ3v) is 3.63. The topological polar surface area (TPSA) is 37.0 Å². The summed E-state index contributed by atoms with van der Waals surface area (Å²) < 4.78 is 0. The number of aromatic nitrogens is 1. The number of hydrogen-bond donors (Lipinski definition) is 2. The van der Waals surface area contributed by atoms with Gasteiger partial charge in [-0.25, -0.2) is 4.98 Å². The first kappa shape index (κ1) is 15.4. The highest BCUT2D eigenvalue weighted by Gasteiger charge is 2.10. The van der Waals surface area contributed by atoms with Crippen molar-refractivity contribution in [3.63, 3.8) is 0 Å². The number of anilines is 1. The molecular formula is C17H21N3S. The van der Waals surface area contributed by atoms with E-state index in [9.17, 15) is 0 Å². The van der Waals surface area contributed by atoms with E-state index in [0.29, 0.717) is 5.11 Å². The van der Waals surface area contributed by atoms with Crippen LogP contribution in [0.3, 0.4) is 0 Å². The van der Waals surface area contributed by atoms with E-state index in [0.717, 1.165) is 11.4 Å². The Kier molecular flexibility index (Phi) is 4.91. The molecular weight excluding hydrogens is 278 g/mol. The van der Waals surface area contributed by atoms with Crippen molar-refractivity contribution in [3.8, 4) is 0 Å². The van der Waals surface area contributed by atoms with Crippen molar-refractivity contribution in [2.45, 2.75) is 33.7 Å². The van der Waals surface area contributed by atoms with Crippen LogP contribution in [-0.2, 0) is 0 Å². The minimum Gasteiger partial charge on any atom is -0.356 e. The molecule has 21 heavy (non-hydrogen) atoms. The molecule has 1 heterocycles. The number of hydrogen-bond acceptors (Lipinski definition) is 2. The van der Waals surface area contributed by atoms with E-state index in [2.05, 4.69) is 54.6 Å². The van der Waals surface area contributed by atoms with Crippen LogP contribution in [0.4, 0.5) is 5.82 Å². The fourth-order valence-electron chi connectivity index (χ4n) is 2.26. The van der Waals surface area contributed by atoms with E-state index in [4.69, 9.17) is 12.2 Å². The van der Waals surface area contributed by atoms with E-state index in [1.165, 1.54) is 16.7 Å². The zero-order valence-corrected chi connectivity index (χ0v) is 13.7. The van der Waals surface area contributed by atoms with Gasteiger partial charge in [0.05, 0.1) is 6.04 Å². The number of pyridine rings is 1. The summed E-state index contributed by atoms with van der Waals surface area (Å²) in [6, 6.07) is 10.5. The molecule has 0 saturated heterocycles. The van der Waals surface area contributed by atoms with Gasteiger partial charge < -0.3 is 10.6 Å². The van der Waals surface area contributed by atoms with Crippen molar-refractivity contribution in [2.24, 2.45) is 0 Å². The van der Waals surface area contributed by atoms with Gasteiger partial charge in [-0.1, -0.05) is 23.8 Å². The Morgan fingerprint density at radius 1 is 1.10 bits per heavy atom. The minimum absolute atomic E-state index is 0.148. The summed E-state index contributed by atoms with van der Waals surface area (Å²) in [5.74, 6) is 0.765. The van der Waals surface area contributed by atoms with Crippen LogP contribution in [0.15, 0.2) is 36.5 Å². The highest BCUT2D eigenvalue weighted by atomic mass is 32.1. The number of benzene rings is 1. The molecule has 0 amide bonds. The average Bonchev–Trinajstić information content (AvgIpc) is 2.41. The molecule has 1 aromatic carbocycles. The Bertz CT molecular complexity index is 652. The number of nitrogens with one attached hydrogen (secondary N) is 2. The maximum absolute atomic E-state index is 5.37. The lowest BCUT2D eigenvalue weighted by Crippen LogP contribution is -2.31. The summed E-state index contributed by atoms with van der Waals surface area (Å²) in [7, 11) is 0. The van der Waals surface area contributed by atoms with Gasteiger partial charge in [0, 0.05) is 6.20 Å². The number of thiocarbonyl (C=S) groups is 1. The molecule has 1 atom stereocenters. The summed E-state index contributed by atoms with van der Waals surface area (Å²) in [5, 5.41) is 7.02. The summed E-state index contributed by atoms with van der Waals surface area (Å²) in [6.45, 7) is 8.36. The van der Waals surface area contributed by atoms with Gasteiger partial charge in [-0.05, 0) is 68.7 Å². The van der Waals surface area contributed by atoms with Gasteiger partial charge in [0.25, 0.3) is 0 Å². The van der Waals surface area contributed by atoms with Crippen LogP contribution in [0, 0.1) is 20.8 Å². The van der Waals surface area contributed by atoms with Crippen molar-refractivity contribution < 1.29 is 0 Å². The summed E-state index contributed by atoms with van der Waals surface area (Å²) in [4.78, 5) is 4.25. The predicted octanol–water partition coefficient (Wildman–Crippen LogP) is 4.05. The lowest BCUT2D eigenvalue weighted by atomic mass is 10.0. The third kappa shape index (κ3) is 4.26. The van der Waals surface area contributed by atoms with Crippen LogP contribution in [0.2, 0.25) is 0 Å². The second kappa shape index (κ2) is 6.68. The zero-order chi connectivity index (χ0) is 15.4. The van der Waals surface area contributed by atoms with Gasteiger partial charge in [0.15, 0.2) is 5.11 Å². The molecule has 2 rings (SSSR count). The molecule has 0 fully saturated rings. The first-order valence-corrected chi connectivity index (χ1v) is 7.44. The van der Waals surface area contributed by atoms with E-state index in [-0.39, 0.29) is 6.04 Å². The molecule has 0 bridgehead atoms. The quantitative estimate of drug-likeness (QED) is 0.838. The standard InChI is InChI=1S/C17H21N3S/c1-11-5-6-13(3)15(9-11)14(4)19-17(21)20-16-10-12(2)7-8-18-16/h5-10,14H,1-4H3,(H2,18,19,20,21)/t14-/m0/s1. The Morgan fingerprint density at radius 2 is 1.81 bits per heavy atom. The molecule has 0 aliphatic heterocycles. The first-order chi connectivity index (χ1) is 9.95. The second-order valence-electron chi connectivity index (χ2n) is 5.40. The molecule has 0 aliphatic rings. The lowest BCUT2D eigenvalue weighted by molar-refractivity contribution is 0.716. The lowest BCUT2D eigenvalue weighted by Gasteiger charge is -2.19. The molecule has 110 valence electrons. The van der Waals surface area contributed by atoms with Gasteiger partial charge in [-0.2, -0.15) is 0 Å². The van der Waals surface area contributed by atoms with E-state index in [1.54, 1.807) is 6.20 Å². The van der Waals surface area contributed by atoms with E-state index < -0.39 is 0 Å². The van der Waals surface area contributed by atoms with Crippen LogP contribution in [-0.4, -0.2) is 10.1 Å². The van der Waals surface area contributed by atoms with Crippen molar-refractivity contribution >= 4 is 23.1 Å². The van der Waals surface area contributed by atoms with Gasteiger partial charge in [0.1, 0.15) is 5.82 Å². The average molecular weight is 299 g/mol. The van der Waals surface area contributed by atoms with Crippen LogP contribution in [0.25, 0.3) is 0 Å². The molecule has 4 heteroatoms. The molecule has 2 aromatic rings. The van der Waals surface area contributed by atoms with Crippen molar-refractivity contribution in [1.29, 1.82) is 0 Å². The molecule has 0 saturated carbocycles. The van der Waals surface area contributed by atoms with Gasteiger partial charge in [0.2, 0.25) is 0 Å². The zero-order valence-electron chi connectivity index (χ0n) is 12.9. The third-order valence-electron chi connectivity index (χ3n) is 3.41. The smallest absolute Gasteiger partial charge is 0.172 e. The summed E-state index contributed by atoms with van der Waals surface area (Å²) >= 11 is 5.37. The summed E-state index contributed by atoms with van der Waals surface area (Å²) in [5.41, 5.74) is 4.93. The highest BCUT2D eigenvalue weighted by molar-refractivity contribution is 7.80. The Balaban J connectivity index is 2.03. The van der Waals surface area contributed by atoms with Crippen molar-refractivity contribution in [2.75, 3.05) is 5.32 Å². The van der Waals surface area contributed by atoms with Crippen molar-refractivity contribution in [1.82, 2.24) is 10.3 Å². The van der Waals surface area contributed by atoms with Crippen molar-refractivity contribution in [3.05, 3.63) is 58.8 Å². The molecule has 1 aromatic heterocycles. The molecule has 2 N–H and O–H groups in total. The number of nitrogens with zero attached hydrogens (tertiary/aromatic N) is 1. The maximum Gasteiger partial charge on any atom is 0.172 e. The largest absolute Gasteiger partial charge is 0.356 e. The van der Waals surface area contributed by atoms with Gasteiger partial charge in [-0.15, -0.1) is 0 Å². The molecule has 0 unspecified atom stereocenters. The normalized spacial score (nSPS) is 11.8. The van der Waals surface area contributed by atoms with Gasteiger partial charge >= 0.3 is 0 Å². The minimum atomic E-state index is 0.148. The van der Waals surface area contributed by atoms with E-state index >= 15 is 0 Å². The highest BCUT2D eigenvalue weighted by Crippen LogP contribution is 2.19. The van der Waals surface area contributed by atoms with E-state index in [1.807, 2.05) is 19.1 Å². The van der Waals surface area contributed by atoms with Crippen LogP contribution in [0.5, 0.6) is 0 Å². The maximum atomic E-state index is 5.37. The molecule has 3 nitrogen and oxygen atoms in total. The van der Waals surface area contributed by atoms with Crippen LogP contribution >= 0.6 is 12.2 Å². The fourth-order valence-corrected chi connectivity index (χ4v) is 2.54. The molecule has 0 radical (unpaired) electrons. The second-order valence-corrected chi connectivity index (χ2v) is 5.81. The predicted molar refractivity (Wildman–Crippen MR) is 92.7 cm³/mol. The monoisotopic (exact) mass is 299 g/mol. The number of rotatable bonds is 3.